The molecule has 1 amide bonds. The van der Waals surface area contributed by atoms with Gasteiger partial charge in [0.1, 0.15) is 0 Å². The Labute approximate surface area is 124 Å². The third kappa shape index (κ3) is 6.30. The first-order valence-electron chi connectivity index (χ1n) is 6.29. The molecule has 114 valence electrons. The van der Waals surface area contributed by atoms with Crippen molar-refractivity contribution >= 4 is 18.3 Å². The Kier molecular flexibility index (Phi) is 7.68. The van der Waals surface area contributed by atoms with Gasteiger partial charge in [0.2, 0.25) is 5.91 Å². The smallest absolute Gasteiger partial charge is 0.220 e. The van der Waals surface area contributed by atoms with Gasteiger partial charge in [0.15, 0.2) is 11.6 Å². The maximum Gasteiger partial charge on any atom is 0.220 e. The molecule has 1 aromatic carbocycles. The van der Waals surface area contributed by atoms with Crippen molar-refractivity contribution < 1.29 is 13.6 Å². The highest BCUT2D eigenvalue weighted by Crippen LogP contribution is 2.11. The average Bonchev–Trinajstić information content (AvgIpc) is 2.33. The van der Waals surface area contributed by atoms with Crippen LogP contribution in [0.3, 0.4) is 0 Å². The van der Waals surface area contributed by atoms with Crippen LogP contribution in [-0.2, 0) is 11.2 Å². The second kappa shape index (κ2) is 8.17. The molecule has 0 spiro atoms. The van der Waals surface area contributed by atoms with Gasteiger partial charge in [-0.05, 0) is 44.4 Å². The van der Waals surface area contributed by atoms with Gasteiger partial charge in [0.05, 0.1) is 0 Å². The first kappa shape index (κ1) is 18.8. The monoisotopic (exact) mass is 306 g/mol. The molecule has 1 rings (SSSR count). The van der Waals surface area contributed by atoms with E-state index >= 15 is 0 Å². The molecule has 0 bridgehead atoms. The first-order chi connectivity index (χ1) is 8.84. The number of halogens is 3. The molecule has 0 saturated carbocycles. The fourth-order valence-corrected chi connectivity index (χ4v) is 1.64. The van der Waals surface area contributed by atoms with Crippen molar-refractivity contribution in [1.82, 2.24) is 5.32 Å². The molecule has 0 aliphatic heterocycles. The zero-order valence-corrected chi connectivity index (χ0v) is 12.5. The minimum Gasteiger partial charge on any atom is -0.350 e. The fraction of sp³-hybridized carbons (Fsp3) is 0.500. The van der Waals surface area contributed by atoms with Crippen LogP contribution in [0.1, 0.15) is 32.3 Å². The summed E-state index contributed by atoms with van der Waals surface area (Å²) in [5.41, 5.74) is 5.78. The molecule has 0 aliphatic rings. The first-order valence-corrected chi connectivity index (χ1v) is 6.29. The second-order valence-electron chi connectivity index (χ2n) is 5.24. The quantitative estimate of drug-likeness (QED) is 0.848. The van der Waals surface area contributed by atoms with E-state index in [1.54, 1.807) is 0 Å². The molecule has 3 nitrogen and oxygen atoms in total. The lowest BCUT2D eigenvalue weighted by molar-refractivity contribution is -0.122. The summed E-state index contributed by atoms with van der Waals surface area (Å²) in [6.07, 6.45) is 1.45. The van der Waals surface area contributed by atoms with Crippen LogP contribution in [0.15, 0.2) is 18.2 Å². The van der Waals surface area contributed by atoms with Gasteiger partial charge in [-0.3, -0.25) is 4.79 Å². The summed E-state index contributed by atoms with van der Waals surface area (Å²) in [7, 11) is 0. The maximum absolute atomic E-state index is 13.0. The Bertz CT molecular complexity index is 453. The molecule has 1 aromatic rings. The molecule has 0 saturated heterocycles. The third-order valence-electron chi connectivity index (χ3n) is 2.84. The lowest BCUT2D eigenvalue weighted by Crippen LogP contribution is -2.48. The Morgan fingerprint density at radius 3 is 2.50 bits per heavy atom. The molecule has 0 radical (unpaired) electrons. The van der Waals surface area contributed by atoms with Gasteiger partial charge in [-0.25, -0.2) is 8.78 Å². The van der Waals surface area contributed by atoms with E-state index in [0.717, 1.165) is 12.1 Å². The van der Waals surface area contributed by atoms with Crippen LogP contribution in [0.2, 0.25) is 0 Å². The van der Waals surface area contributed by atoms with Crippen molar-refractivity contribution in [2.24, 2.45) is 5.73 Å². The topological polar surface area (TPSA) is 55.1 Å². The molecule has 0 fully saturated rings. The average molecular weight is 307 g/mol. The minimum atomic E-state index is -0.855. The number of nitrogens with two attached hydrogens (primary N) is 1. The van der Waals surface area contributed by atoms with E-state index in [9.17, 15) is 13.6 Å². The number of carbonyl (C=O) groups excluding carboxylic acids is 1. The van der Waals surface area contributed by atoms with Crippen LogP contribution < -0.4 is 11.1 Å². The molecule has 0 aliphatic carbocycles. The number of amides is 1. The van der Waals surface area contributed by atoms with Crippen LogP contribution in [0.25, 0.3) is 0 Å². The zero-order chi connectivity index (χ0) is 14.5. The summed E-state index contributed by atoms with van der Waals surface area (Å²) in [6, 6.07) is 3.79. The summed E-state index contributed by atoms with van der Waals surface area (Å²) in [4.78, 5) is 11.6. The van der Waals surface area contributed by atoms with Crippen molar-refractivity contribution in [2.75, 3.05) is 6.54 Å². The molecule has 6 heteroatoms. The van der Waals surface area contributed by atoms with Gasteiger partial charge >= 0.3 is 0 Å². The molecule has 20 heavy (non-hydrogen) atoms. The molecule has 0 unspecified atom stereocenters. The van der Waals surface area contributed by atoms with Gasteiger partial charge < -0.3 is 11.1 Å². The van der Waals surface area contributed by atoms with E-state index in [1.165, 1.54) is 6.07 Å². The predicted molar refractivity (Wildman–Crippen MR) is 77.8 cm³/mol. The van der Waals surface area contributed by atoms with Crippen LogP contribution >= 0.6 is 12.4 Å². The molecule has 0 heterocycles. The van der Waals surface area contributed by atoms with E-state index in [1.807, 2.05) is 13.8 Å². The lowest BCUT2D eigenvalue weighted by atomic mass is 10.0. The summed E-state index contributed by atoms with van der Waals surface area (Å²) < 4.78 is 25.7. The summed E-state index contributed by atoms with van der Waals surface area (Å²) >= 11 is 0. The zero-order valence-electron chi connectivity index (χ0n) is 11.7. The van der Waals surface area contributed by atoms with Gasteiger partial charge in [0, 0.05) is 18.5 Å². The lowest BCUT2D eigenvalue weighted by Gasteiger charge is -2.24. The van der Waals surface area contributed by atoms with Gasteiger partial charge in [-0.15, -0.1) is 12.4 Å². The Hall–Kier alpha value is -1.20. The highest BCUT2D eigenvalue weighted by Gasteiger charge is 2.17. The molecule has 3 N–H and O–H groups in total. The van der Waals surface area contributed by atoms with Gasteiger partial charge in [-0.1, -0.05) is 6.07 Å². The number of aryl methyl sites for hydroxylation is 1. The standard InChI is InChI=1S/C14H20F2N2O.ClH/c1-14(2,9-17)18-13(19)5-3-4-10-6-7-11(15)12(16)8-10;/h6-8H,3-5,9,17H2,1-2H3,(H,18,19);1H. The maximum atomic E-state index is 13.0. The SMILES string of the molecule is CC(C)(CN)NC(=O)CCCc1ccc(F)c(F)c1.Cl. The number of nitrogens with one attached hydrogen (secondary N) is 1. The van der Waals surface area contributed by atoms with Crippen molar-refractivity contribution in [3.05, 3.63) is 35.4 Å². The number of hydrogen-bond donors (Lipinski definition) is 2. The van der Waals surface area contributed by atoms with Crippen LogP contribution in [-0.4, -0.2) is 18.0 Å². The van der Waals surface area contributed by atoms with E-state index in [4.69, 9.17) is 5.73 Å². The summed E-state index contributed by atoms with van der Waals surface area (Å²) in [5.74, 6) is -1.80. The Morgan fingerprint density at radius 1 is 1.30 bits per heavy atom. The normalized spacial score (nSPS) is 10.8. The second-order valence-corrected chi connectivity index (χ2v) is 5.24. The van der Waals surface area contributed by atoms with Crippen molar-refractivity contribution in [2.45, 2.75) is 38.6 Å². The number of rotatable bonds is 6. The highest BCUT2D eigenvalue weighted by molar-refractivity contribution is 5.85. The fourth-order valence-electron chi connectivity index (χ4n) is 1.64. The molecule has 0 atom stereocenters. The van der Waals surface area contributed by atoms with E-state index < -0.39 is 17.2 Å². The van der Waals surface area contributed by atoms with E-state index in [0.29, 0.717) is 31.4 Å². The van der Waals surface area contributed by atoms with Crippen LogP contribution in [0.5, 0.6) is 0 Å². The van der Waals surface area contributed by atoms with Gasteiger partial charge in [-0.2, -0.15) is 0 Å². The molecular weight excluding hydrogens is 286 g/mol. The third-order valence-corrected chi connectivity index (χ3v) is 2.84. The van der Waals surface area contributed by atoms with Gasteiger partial charge in [0.25, 0.3) is 0 Å². The van der Waals surface area contributed by atoms with Crippen molar-refractivity contribution in [3.8, 4) is 0 Å². The molecular formula is C14H21ClF2N2O. The number of carbonyl (C=O) groups is 1. The number of benzene rings is 1. The van der Waals surface area contributed by atoms with Crippen LogP contribution in [0.4, 0.5) is 8.78 Å². The number of hydrogen-bond acceptors (Lipinski definition) is 2. The predicted octanol–water partition coefficient (Wildman–Crippen LogP) is 2.56. The van der Waals surface area contributed by atoms with E-state index in [2.05, 4.69) is 5.32 Å². The van der Waals surface area contributed by atoms with E-state index in [-0.39, 0.29) is 18.3 Å². The van der Waals surface area contributed by atoms with Crippen molar-refractivity contribution in [3.63, 3.8) is 0 Å². The summed E-state index contributed by atoms with van der Waals surface area (Å²) in [6.45, 7) is 4.06. The Balaban J connectivity index is 0.00000361. The summed E-state index contributed by atoms with van der Waals surface area (Å²) in [5, 5.41) is 2.81. The largest absolute Gasteiger partial charge is 0.350 e. The van der Waals surface area contributed by atoms with Crippen molar-refractivity contribution in [1.29, 1.82) is 0 Å². The highest BCUT2D eigenvalue weighted by atomic mass is 35.5. The van der Waals surface area contributed by atoms with Crippen LogP contribution in [0, 0.1) is 11.6 Å². The molecule has 0 aromatic heterocycles. The Morgan fingerprint density at radius 2 is 1.95 bits per heavy atom. The minimum absolute atomic E-state index is 0.